The number of allylic oxidation sites excluding steroid dienone is 3. The third kappa shape index (κ3) is 4.86. The Morgan fingerprint density at radius 1 is 1.06 bits per heavy atom. The molecule has 6 rings (SSSR count). The highest BCUT2D eigenvalue weighted by atomic mass is 16.7. The fraction of sp³-hybridized carbons (Fsp3) is 0.765. The van der Waals surface area contributed by atoms with Gasteiger partial charge < -0.3 is 59.1 Å². The third-order valence-electron chi connectivity index (χ3n) is 12.4. The van der Waals surface area contributed by atoms with Crippen LogP contribution in [0.15, 0.2) is 23.5 Å². The van der Waals surface area contributed by atoms with Crippen LogP contribution in [0.4, 0.5) is 0 Å². The number of ketones is 1. The molecule has 3 aliphatic heterocycles. The van der Waals surface area contributed by atoms with Gasteiger partial charge in [0.1, 0.15) is 36.6 Å². The first kappa shape index (κ1) is 36.8. The molecule has 2 bridgehead atoms. The maximum absolute atomic E-state index is 14.8. The minimum atomic E-state index is -2.39. The van der Waals surface area contributed by atoms with E-state index in [1.54, 1.807) is 20.8 Å². The summed E-state index contributed by atoms with van der Waals surface area (Å²) in [6.07, 6.45) is -12.3. The van der Waals surface area contributed by atoms with Crippen LogP contribution in [0.1, 0.15) is 41.0 Å². The first-order chi connectivity index (χ1) is 23.4. The molecule has 6 N–H and O–H groups in total. The van der Waals surface area contributed by atoms with Crippen molar-refractivity contribution in [3.05, 3.63) is 23.5 Å². The summed E-state index contributed by atoms with van der Waals surface area (Å²) in [7, 11) is 1.04. The Morgan fingerprint density at radius 3 is 2.36 bits per heavy atom. The van der Waals surface area contributed by atoms with Crippen LogP contribution in [-0.2, 0) is 47.6 Å². The zero-order valence-corrected chi connectivity index (χ0v) is 28.6. The topological polar surface area (TPSA) is 245 Å². The van der Waals surface area contributed by atoms with Gasteiger partial charge in [-0.2, -0.15) is 0 Å². The molecule has 3 heterocycles. The van der Waals surface area contributed by atoms with E-state index < -0.39 is 132 Å². The lowest BCUT2D eigenvalue weighted by atomic mass is 9.37. The Balaban J connectivity index is 1.45. The first-order valence-corrected chi connectivity index (χ1v) is 16.8. The molecule has 16 nitrogen and oxygen atoms in total. The van der Waals surface area contributed by atoms with Crippen LogP contribution in [0.2, 0.25) is 0 Å². The van der Waals surface area contributed by atoms with Gasteiger partial charge in [-0.3, -0.25) is 4.79 Å². The molecule has 6 aliphatic rings. The van der Waals surface area contributed by atoms with Gasteiger partial charge in [0.15, 0.2) is 5.76 Å². The summed E-state index contributed by atoms with van der Waals surface area (Å²) in [6, 6.07) is 0. The molecule has 0 aromatic carbocycles. The number of aliphatic hydroxyl groups is 6. The van der Waals surface area contributed by atoms with Gasteiger partial charge in [-0.1, -0.05) is 33.3 Å². The summed E-state index contributed by atoms with van der Waals surface area (Å²) >= 11 is 0. The van der Waals surface area contributed by atoms with Gasteiger partial charge in [0.25, 0.3) is 0 Å². The SMILES string of the molecule is COC(=O)[C@@]12OC[C@@]34[C@@H](C[C@@H]5[C@H](C)C=C(O[C@H]6O[C@H](CO)[C@H](O)[C@@H](O)[C@H]6O)C(=O)[C@]5(C)[C@@H]3[C@@H](O)[C@@H]1O)OC(=O)[C@H](OC(=O)/C=C(\C)C(C)C)[C@@H]24. The number of hydrogen-bond donors (Lipinski definition) is 6. The summed E-state index contributed by atoms with van der Waals surface area (Å²) in [5.74, 6) is -7.99. The van der Waals surface area contributed by atoms with E-state index in [9.17, 15) is 49.8 Å². The molecule has 0 unspecified atom stereocenters. The van der Waals surface area contributed by atoms with Gasteiger partial charge in [0, 0.05) is 22.8 Å². The fourth-order valence-corrected chi connectivity index (χ4v) is 9.71. The second-order valence-corrected chi connectivity index (χ2v) is 15.1. The van der Waals surface area contributed by atoms with Crippen LogP contribution < -0.4 is 0 Å². The highest BCUT2D eigenvalue weighted by Gasteiger charge is 2.86. The average Bonchev–Trinajstić information content (AvgIpc) is 3.38. The Labute approximate surface area is 287 Å². The summed E-state index contributed by atoms with van der Waals surface area (Å²) < 4.78 is 34.3. The van der Waals surface area contributed by atoms with Crippen molar-refractivity contribution in [2.24, 2.45) is 40.4 Å². The Morgan fingerprint density at radius 2 is 1.74 bits per heavy atom. The lowest BCUT2D eigenvalue weighted by Crippen LogP contribution is -2.80. The molecule has 0 radical (unpaired) electrons. The average molecular weight is 711 g/mol. The van der Waals surface area contributed by atoms with E-state index in [-0.39, 0.29) is 18.1 Å². The number of aliphatic hydroxyl groups excluding tert-OH is 6. The quantitative estimate of drug-likeness (QED) is 0.0976. The van der Waals surface area contributed by atoms with E-state index in [0.29, 0.717) is 5.57 Å². The number of Topliss-reactive ketones (excluding diaryl/α,β-unsaturated/α-hetero) is 1. The summed E-state index contributed by atoms with van der Waals surface area (Å²) in [4.78, 5) is 55.4. The van der Waals surface area contributed by atoms with Crippen molar-refractivity contribution in [2.45, 2.75) is 102 Å². The predicted octanol–water partition coefficient (Wildman–Crippen LogP) is -1.73. The van der Waals surface area contributed by atoms with Gasteiger partial charge in [-0.25, -0.2) is 14.4 Å². The second-order valence-electron chi connectivity index (χ2n) is 15.1. The number of esters is 3. The number of carbonyl (C=O) groups is 4. The zero-order chi connectivity index (χ0) is 36.8. The second kappa shape index (κ2) is 12.6. The van der Waals surface area contributed by atoms with Gasteiger partial charge in [0.2, 0.25) is 23.8 Å². The Bertz CT molecular complexity index is 1490. The van der Waals surface area contributed by atoms with E-state index >= 15 is 0 Å². The molecular weight excluding hydrogens is 664 g/mol. The minimum Gasteiger partial charge on any atom is -0.467 e. The molecular formula is C34H46O16. The van der Waals surface area contributed by atoms with Crippen molar-refractivity contribution >= 4 is 23.7 Å². The van der Waals surface area contributed by atoms with Gasteiger partial charge >= 0.3 is 17.9 Å². The van der Waals surface area contributed by atoms with Crippen LogP contribution in [-0.4, -0.2) is 135 Å². The normalized spacial score (nSPS) is 48.2. The van der Waals surface area contributed by atoms with Crippen molar-refractivity contribution in [1.29, 1.82) is 0 Å². The van der Waals surface area contributed by atoms with Crippen molar-refractivity contribution in [1.82, 2.24) is 0 Å². The van der Waals surface area contributed by atoms with E-state index in [0.717, 1.165) is 7.11 Å². The highest BCUT2D eigenvalue weighted by molar-refractivity contribution is 6.00. The van der Waals surface area contributed by atoms with Gasteiger partial charge in [0.05, 0.1) is 32.3 Å². The highest BCUT2D eigenvalue weighted by Crippen LogP contribution is 2.72. The standard InChI is InChI=1S/C34H46O16/c1-12(2)13(3)8-19(36)50-24-26-33-11-46-34(26,31(44)45-6)28(42)23(40)25(33)32(5)15(9-18(33)49-29(24)43)14(4)7-16(27(32)41)47-30-22(39)21(38)20(37)17(10-35)48-30/h7-8,12,14-15,17-18,20-26,28,30,35,37-40,42H,9-11H2,1-6H3/b13-8+/t14-,15-,17-,18-,20+,21-,22-,23-,24-,25+,26-,28+,30+,32+,33-,34+/m1/s1. The summed E-state index contributed by atoms with van der Waals surface area (Å²) in [5.41, 5.74) is -4.95. The first-order valence-electron chi connectivity index (χ1n) is 16.8. The largest absolute Gasteiger partial charge is 0.467 e. The monoisotopic (exact) mass is 710 g/mol. The molecule has 3 saturated heterocycles. The Kier molecular flexibility index (Phi) is 9.29. The third-order valence-corrected chi connectivity index (χ3v) is 12.4. The van der Waals surface area contributed by atoms with Crippen molar-refractivity contribution in [3.63, 3.8) is 0 Å². The molecule has 1 spiro atoms. The van der Waals surface area contributed by atoms with Crippen molar-refractivity contribution in [3.8, 4) is 0 Å². The molecule has 50 heavy (non-hydrogen) atoms. The van der Waals surface area contributed by atoms with Crippen LogP contribution in [0.25, 0.3) is 0 Å². The van der Waals surface area contributed by atoms with E-state index in [2.05, 4.69) is 0 Å². The van der Waals surface area contributed by atoms with Crippen LogP contribution in [0.3, 0.4) is 0 Å². The number of ether oxygens (including phenoxy) is 6. The van der Waals surface area contributed by atoms with Crippen molar-refractivity contribution < 1.29 is 78.2 Å². The molecule has 16 atom stereocenters. The molecule has 2 saturated carbocycles. The van der Waals surface area contributed by atoms with E-state index in [4.69, 9.17) is 28.4 Å². The van der Waals surface area contributed by atoms with E-state index in [1.165, 1.54) is 12.2 Å². The zero-order valence-electron chi connectivity index (χ0n) is 28.6. The van der Waals surface area contributed by atoms with Crippen LogP contribution >= 0.6 is 0 Å². The number of methoxy groups -OCH3 is 1. The molecule has 3 aliphatic carbocycles. The smallest absolute Gasteiger partial charge is 0.348 e. The number of carbonyl (C=O) groups excluding carboxylic acids is 4. The molecule has 0 amide bonds. The molecule has 16 heteroatoms. The summed E-state index contributed by atoms with van der Waals surface area (Å²) in [5, 5.41) is 64.8. The molecule has 0 aromatic rings. The number of hydrogen-bond acceptors (Lipinski definition) is 16. The van der Waals surface area contributed by atoms with E-state index in [1.807, 2.05) is 13.8 Å². The summed E-state index contributed by atoms with van der Waals surface area (Å²) in [6.45, 7) is 7.61. The molecule has 5 fully saturated rings. The number of fused-ring (bicyclic) bond motifs is 2. The predicted molar refractivity (Wildman–Crippen MR) is 164 cm³/mol. The maximum atomic E-state index is 14.8. The fourth-order valence-electron chi connectivity index (χ4n) is 9.71. The van der Waals surface area contributed by atoms with Crippen LogP contribution in [0, 0.1) is 40.4 Å². The maximum Gasteiger partial charge on any atom is 0.348 e. The Hall–Kier alpha value is -2.96. The minimum absolute atomic E-state index is 0.0391. The lowest BCUT2D eigenvalue weighted by Gasteiger charge is -2.67. The van der Waals surface area contributed by atoms with Crippen molar-refractivity contribution in [2.75, 3.05) is 20.3 Å². The lowest BCUT2D eigenvalue weighted by molar-refractivity contribution is -0.297. The number of rotatable bonds is 7. The molecule has 278 valence electrons. The molecule has 0 aromatic heterocycles. The van der Waals surface area contributed by atoms with Gasteiger partial charge in [-0.15, -0.1) is 0 Å². The van der Waals surface area contributed by atoms with Crippen LogP contribution in [0.5, 0.6) is 0 Å². The van der Waals surface area contributed by atoms with Gasteiger partial charge in [-0.05, 0) is 37.2 Å².